The van der Waals surface area contributed by atoms with E-state index in [0.29, 0.717) is 30.6 Å². The maximum Gasteiger partial charge on any atom is 0.110 e. The molecule has 3 aliphatic carbocycles. The van der Waals surface area contributed by atoms with Crippen molar-refractivity contribution in [1.29, 1.82) is 0 Å². The molecule has 6 nitrogen and oxygen atoms in total. The van der Waals surface area contributed by atoms with Crippen molar-refractivity contribution in [2.24, 2.45) is 22.7 Å². The zero-order valence-electron chi connectivity index (χ0n) is 15.8. The minimum absolute atomic E-state index is 0.388. The number of fused-ring (bicyclic) bond motifs is 4. The van der Waals surface area contributed by atoms with Gasteiger partial charge in [-0.05, 0) is 37.2 Å². The summed E-state index contributed by atoms with van der Waals surface area (Å²) in [6.07, 6.45) is -0.732. The van der Waals surface area contributed by atoms with Gasteiger partial charge in [-0.25, -0.2) is 0 Å². The fourth-order valence-electron chi connectivity index (χ4n) is 6.67. The highest BCUT2D eigenvalue weighted by molar-refractivity contribution is 5.35. The SMILES string of the molecule is CC1(O)c2ccoc2CC2C1C(O)C(O)C1(O)C(C)(C)CCC(O)C21C. The molecule has 1 aromatic heterocycles. The van der Waals surface area contributed by atoms with E-state index in [2.05, 4.69) is 0 Å². The number of aliphatic hydroxyl groups excluding tert-OH is 3. The van der Waals surface area contributed by atoms with E-state index >= 15 is 0 Å². The first-order chi connectivity index (χ1) is 11.9. The molecule has 2 saturated carbocycles. The molecule has 0 spiro atoms. The van der Waals surface area contributed by atoms with Crippen LogP contribution >= 0.6 is 0 Å². The largest absolute Gasteiger partial charge is 0.469 e. The summed E-state index contributed by atoms with van der Waals surface area (Å²) in [4.78, 5) is 0. The van der Waals surface area contributed by atoms with Gasteiger partial charge in [0.2, 0.25) is 0 Å². The Labute approximate surface area is 153 Å². The molecule has 5 N–H and O–H groups in total. The van der Waals surface area contributed by atoms with Crippen LogP contribution in [0, 0.1) is 22.7 Å². The molecule has 3 aliphatic rings. The molecular formula is C20H30O6. The van der Waals surface area contributed by atoms with Gasteiger partial charge >= 0.3 is 0 Å². The van der Waals surface area contributed by atoms with E-state index in [0.717, 1.165) is 0 Å². The summed E-state index contributed by atoms with van der Waals surface area (Å²) in [6.45, 7) is 7.14. The number of hydrogen-bond donors (Lipinski definition) is 5. The fraction of sp³-hybridized carbons (Fsp3) is 0.800. The molecule has 6 heteroatoms. The average molecular weight is 366 g/mol. The van der Waals surface area contributed by atoms with Crippen LogP contribution in [-0.2, 0) is 12.0 Å². The molecule has 8 atom stereocenters. The molecule has 1 heterocycles. The molecule has 0 bridgehead atoms. The number of hydrogen-bond acceptors (Lipinski definition) is 6. The van der Waals surface area contributed by atoms with Crippen molar-refractivity contribution in [2.45, 2.75) is 76.5 Å². The van der Waals surface area contributed by atoms with E-state index < -0.39 is 52.2 Å². The predicted molar refractivity (Wildman–Crippen MR) is 93.1 cm³/mol. The lowest BCUT2D eigenvalue weighted by Crippen LogP contribution is -2.80. The van der Waals surface area contributed by atoms with Crippen molar-refractivity contribution >= 4 is 0 Å². The smallest absolute Gasteiger partial charge is 0.110 e. The first kappa shape index (κ1) is 18.4. The summed E-state index contributed by atoms with van der Waals surface area (Å²) < 4.78 is 5.58. The third-order valence-electron chi connectivity index (χ3n) is 8.26. The van der Waals surface area contributed by atoms with Gasteiger partial charge in [0.25, 0.3) is 0 Å². The number of rotatable bonds is 0. The zero-order chi connectivity index (χ0) is 19.3. The second-order valence-corrected chi connectivity index (χ2v) is 9.66. The maximum absolute atomic E-state index is 11.8. The van der Waals surface area contributed by atoms with Crippen LogP contribution in [-0.4, -0.2) is 49.4 Å². The van der Waals surface area contributed by atoms with Gasteiger partial charge in [-0.3, -0.25) is 0 Å². The van der Waals surface area contributed by atoms with Crippen LogP contribution in [0.5, 0.6) is 0 Å². The van der Waals surface area contributed by atoms with Crippen molar-refractivity contribution in [1.82, 2.24) is 0 Å². The second kappa shape index (κ2) is 5.11. The van der Waals surface area contributed by atoms with Crippen molar-refractivity contribution < 1.29 is 29.9 Å². The molecule has 1 aromatic rings. The third kappa shape index (κ3) is 1.80. The summed E-state index contributed by atoms with van der Waals surface area (Å²) in [7, 11) is 0. The van der Waals surface area contributed by atoms with E-state index in [1.807, 2.05) is 13.8 Å². The Morgan fingerprint density at radius 1 is 1.08 bits per heavy atom. The van der Waals surface area contributed by atoms with Gasteiger partial charge in [0.1, 0.15) is 17.5 Å². The van der Waals surface area contributed by atoms with E-state index in [1.165, 1.54) is 6.26 Å². The average Bonchev–Trinajstić information content (AvgIpc) is 3.03. The van der Waals surface area contributed by atoms with Gasteiger partial charge < -0.3 is 29.9 Å². The number of aliphatic hydroxyl groups is 5. The Hall–Kier alpha value is -0.920. The normalized spacial score (nSPS) is 52.7. The molecule has 0 amide bonds. The van der Waals surface area contributed by atoms with Crippen LogP contribution in [0.25, 0.3) is 0 Å². The van der Waals surface area contributed by atoms with E-state index in [4.69, 9.17) is 4.42 Å². The molecular weight excluding hydrogens is 336 g/mol. The van der Waals surface area contributed by atoms with E-state index in [9.17, 15) is 25.5 Å². The summed E-state index contributed by atoms with van der Waals surface area (Å²) in [6, 6.07) is 1.69. The minimum Gasteiger partial charge on any atom is -0.469 e. The summed E-state index contributed by atoms with van der Waals surface area (Å²) >= 11 is 0. The predicted octanol–water partition coefficient (Wildman–Crippen LogP) is 0.929. The fourth-order valence-corrected chi connectivity index (χ4v) is 6.67. The van der Waals surface area contributed by atoms with Gasteiger partial charge in [-0.1, -0.05) is 20.8 Å². The lowest BCUT2D eigenvalue weighted by Gasteiger charge is -2.70. The van der Waals surface area contributed by atoms with Crippen molar-refractivity contribution in [3.05, 3.63) is 23.7 Å². The van der Waals surface area contributed by atoms with Gasteiger partial charge in [-0.15, -0.1) is 0 Å². The Morgan fingerprint density at radius 2 is 1.73 bits per heavy atom. The van der Waals surface area contributed by atoms with Crippen LogP contribution in [0.15, 0.2) is 16.7 Å². The molecule has 2 fully saturated rings. The molecule has 0 aliphatic heterocycles. The van der Waals surface area contributed by atoms with Crippen molar-refractivity contribution in [2.75, 3.05) is 0 Å². The summed E-state index contributed by atoms with van der Waals surface area (Å²) in [5.41, 5.74) is -4.34. The molecule has 8 unspecified atom stereocenters. The van der Waals surface area contributed by atoms with Crippen LogP contribution in [0.3, 0.4) is 0 Å². The van der Waals surface area contributed by atoms with Crippen LogP contribution in [0.2, 0.25) is 0 Å². The Bertz CT molecular complexity index is 724. The minimum atomic E-state index is -1.70. The van der Waals surface area contributed by atoms with Crippen LogP contribution in [0.4, 0.5) is 0 Å². The lowest BCUT2D eigenvalue weighted by molar-refractivity contribution is -0.348. The van der Waals surface area contributed by atoms with E-state index in [1.54, 1.807) is 19.9 Å². The maximum atomic E-state index is 11.8. The van der Waals surface area contributed by atoms with Crippen LogP contribution < -0.4 is 0 Å². The van der Waals surface area contributed by atoms with Crippen molar-refractivity contribution in [3.63, 3.8) is 0 Å². The summed E-state index contributed by atoms with van der Waals surface area (Å²) in [5, 5.41) is 56.2. The Balaban J connectivity index is 1.97. The topological polar surface area (TPSA) is 114 Å². The molecule has 0 saturated heterocycles. The first-order valence-corrected chi connectivity index (χ1v) is 9.46. The second-order valence-electron chi connectivity index (χ2n) is 9.66. The molecule has 4 rings (SSSR count). The highest BCUT2D eigenvalue weighted by Gasteiger charge is 2.75. The monoisotopic (exact) mass is 366 g/mol. The highest BCUT2D eigenvalue weighted by atomic mass is 16.4. The van der Waals surface area contributed by atoms with Crippen molar-refractivity contribution in [3.8, 4) is 0 Å². The summed E-state index contributed by atoms with van der Waals surface area (Å²) in [5.74, 6) is -0.565. The Kier molecular flexibility index (Phi) is 3.63. The third-order valence-corrected chi connectivity index (χ3v) is 8.26. The number of furan rings is 1. The van der Waals surface area contributed by atoms with Gasteiger partial charge in [0.15, 0.2) is 0 Å². The van der Waals surface area contributed by atoms with E-state index in [-0.39, 0.29) is 0 Å². The molecule has 0 aromatic carbocycles. The standard InChI is InChI=1S/C20H30O6/c1-17(2)7-5-13(21)18(3)11-9-12-10(6-8-26-12)19(4,24)14(11)15(22)16(23)20(17,18)25/h6,8,11,13-16,21-25H,5,7,9H2,1-4H3. The Morgan fingerprint density at radius 3 is 2.38 bits per heavy atom. The zero-order valence-corrected chi connectivity index (χ0v) is 15.8. The highest BCUT2D eigenvalue weighted by Crippen LogP contribution is 2.67. The van der Waals surface area contributed by atoms with Gasteiger partial charge in [0.05, 0.1) is 24.1 Å². The van der Waals surface area contributed by atoms with Gasteiger partial charge in [0, 0.05) is 23.3 Å². The molecule has 146 valence electrons. The van der Waals surface area contributed by atoms with Crippen LogP contribution in [0.1, 0.15) is 51.9 Å². The lowest BCUT2D eigenvalue weighted by atomic mass is 9.38. The molecule has 0 radical (unpaired) electrons. The molecule has 26 heavy (non-hydrogen) atoms. The first-order valence-electron chi connectivity index (χ1n) is 9.46. The quantitative estimate of drug-likeness (QED) is 0.467. The van der Waals surface area contributed by atoms with Gasteiger partial charge in [-0.2, -0.15) is 0 Å².